The number of benzene rings is 1. The fourth-order valence-corrected chi connectivity index (χ4v) is 2.41. The highest BCUT2D eigenvalue weighted by molar-refractivity contribution is 5.99. The maximum absolute atomic E-state index is 12.2. The Balaban J connectivity index is 1.91. The Labute approximate surface area is 135 Å². The Bertz CT molecular complexity index is 571. The second kappa shape index (κ2) is 7.76. The number of hydrogen-bond donors (Lipinski definition) is 1. The van der Waals surface area contributed by atoms with Crippen LogP contribution in [0.1, 0.15) is 32.3 Å². The predicted octanol–water partition coefficient (Wildman–Crippen LogP) is 2.09. The van der Waals surface area contributed by atoms with E-state index in [-0.39, 0.29) is 18.4 Å². The van der Waals surface area contributed by atoms with Crippen LogP contribution in [0.5, 0.6) is 0 Å². The molecule has 6 heteroatoms. The topological polar surface area (TPSA) is 75.7 Å². The summed E-state index contributed by atoms with van der Waals surface area (Å²) in [5.74, 6) is -1.05. The summed E-state index contributed by atoms with van der Waals surface area (Å²) in [6, 6.07) is 8.71. The lowest BCUT2D eigenvalue weighted by molar-refractivity contribution is -0.134. The van der Waals surface area contributed by atoms with Crippen molar-refractivity contribution < 1.29 is 19.1 Å². The molecule has 0 aliphatic carbocycles. The van der Waals surface area contributed by atoms with Crippen LogP contribution in [0.15, 0.2) is 30.3 Å². The third-order valence-corrected chi connectivity index (χ3v) is 3.77. The van der Waals surface area contributed by atoms with E-state index in [9.17, 15) is 14.4 Å². The minimum absolute atomic E-state index is 0.162. The summed E-state index contributed by atoms with van der Waals surface area (Å²) in [7, 11) is 0. The monoisotopic (exact) mass is 318 g/mol. The van der Waals surface area contributed by atoms with E-state index < -0.39 is 18.0 Å². The third-order valence-electron chi connectivity index (χ3n) is 3.77. The smallest absolute Gasteiger partial charge is 0.410 e. The second-order valence-corrected chi connectivity index (χ2v) is 5.90. The highest BCUT2D eigenvalue weighted by Crippen LogP contribution is 2.19. The Morgan fingerprint density at radius 1 is 1.26 bits per heavy atom. The van der Waals surface area contributed by atoms with Crippen molar-refractivity contribution in [2.45, 2.75) is 39.3 Å². The molecule has 1 heterocycles. The molecule has 0 spiro atoms. The second-order valence-electron chi connectivity index (χ2n) is 5.90. The minimum atomic E-state index is -0.638. The van der Waals surface area contributed by atoms with Gasteiger partial charge in [-0.2, -0.15) is 0 Å². The van der Waals surface area contributed by atoms with Crippen LogP contribution in [0.4, 0.5) is 4.79 Å². The highest BCUT2D eigenvalue weighted by Gasteiger charge is 2.35. The lowest BCUT2D eigenvalue weighted by atomic mass is 10.1. The lowest BCUT2D eigenvalue weighted by Crippen LogP contribution is -2.48. The Morgan fingerprint density at radius 3 is 2.61 bits per heavy atom. The fourth-order valence-electron chi connectivity index (χ4n) is 2.41. The number of carbonyl (C=O) groups excluding carboxylic acids is 3. The average molecular weight is 318 g/mol. The maximum atomic E-state index is 12.2. The molecule has 1 aliphatic heterocycles. The van der Waals surface area contributed by atoms with Crippen molar-refractivity contribution in [2.75, 3.05) is 6.54 Å². The predicted molar refractivity (Wildman–Crippen MR) is 84.3 cm³/mol. The van der Waals surface area contributed by atoms with Crippen LogP contribution < -0.4 is 5.32 Å². The lowest BCUT2D eigenvalue weighted by Gasteiger charge is -2.23. The van der Waals surface area contributed by atoms with Gasteiger partial charge in [0.25, 0.3) is 0 Å². The summed E-state index contributed by atoms with van der Waals surface area (Å²) >= 11 is 0. The molecule has 1 atom stereocenters. The summed E-state index contributed by atoms with van der Waals surface area (Å²) < 4.78 is 5.27. The van der Waals surface area contributed by atoms with Crippen LogP contribution in [0.25, 0.3) is 0 Å². The average Bonchev–Trinajstić information content (AvgIpc) is 3.03. The molecule has 124 valence electrons. The molecule has 1 N–H and O–H groups in total. The summed E-state index contributed by atoms with van der Waals surface area (Å²) in [6.07, 6.45) is 0.731. The van der Waals surface area contributed by atoms with Gasteiger partial charge in [-0.3, -0.25) is 19.8 Å². The zero-order chi connectivity index (χ0) is 16.8. The Kier molecular flexibility index (Phi) is 5.73. The first-order valence-electron chi connectivity index (χ1n) is 7.81. The van der Waals surface area contributed by atoms with Gasteiger partial charge in [-0.05, 0) is 18.4 Å². The van der Waals surface area contributed by atoms with Gasteiger partial charge < -0.3 is 4.74 Å². The molecule has 6 nitrogen and oxygen atoms in total. The van der Waals surface area contributed by atoms with Gasteiger partial charge in [0.1, 0.15) is 12.6 Å². The number of hydrogen-bond acceptors (Lipinski definition) is 4. The zero-order valence-electron chi connectivity index (χ0n) is 13.5. The first kappa shape index (κ1) is 17.0. The van der Waals surface area contributed by atoms with Gasteiger partial charge in [-0.25, -0.2) is 4.79 Å². The summed E-state index contributed by atoms with van der Waals surface area (Å²) in [6.45, 7) is 4.04. The van der Waals surface area contributed by atoms with Gasteiger partial charge in [0.15, 0.2) is 0 Å². The van der Waals surface area contributed by atoms with E-state index in [0.717, 1.165) is 5.56 Å². The molecule has 23 heavy (non-hydrogen) atoms. The SMILES string of the molecule is CC(C)C(=O)NC(=O)[C@@H]1CCCN1C(=O)OCc1ccccc1. The first-order chi connectivity index (χ1) is 11.0. The van der Waals surface area contributed by atoms with Crippen molar-refractivity contribution >= 4 is 17.9 Å². The van der Waals surface area contributed by atoms with E-state index in [1.165, 1.54) is 4.90 Å². The van der Waals surface area contributed by atoms with Crippen LogP contribution in [-0.2, 0) is 20.9 Å². The molecule has 0 radical (unpaired) electrons. The van der Waals surface area contributed by atoms with E-state index in [0.29, 0.717) is 19.4 Å². The Morgan fingerprint density at radius 2 is 1.96 bits per heavy atom. The summed E-state index contributed by atoms with van der Waals surface area (Å²) in [5, 5.41) is 2.35. The molecule has 1 fully saturated rings. The minimum Gasteiger partial charge on any atom is -0.445 e. The van der Waals surface area contributed by atoms with Crippen molar-refractivity contribution in [1.29, 1.82) is 0 Å². The van der Waals surface area contributed by atoms with Crippen molar-refractivity contribution in [2.24, 2.45) is 5.92 Å². The molecule has 1 aromatic carbocycles. The van der Waals surface area contributed by atoms with Gasteiger partial charge in [-0.1, -0.05) is 44.2 Å². The van der Waals surface area contributed by atoms with Gasteiger partial charge in [-0.15, -0.1) is 0 Å². The quantitative estimate of drug-likeness (QED) is 0.922. The van der Waals surface area contributed by atoms with E-state index in [1.54, 1.807) is 13.8 Å². The summed E-state index contributed by atoms with van der Waals surface area (Å²) in [5.41, 5.74) is 0.885. The molecule has 3 amide bonds. The van der Waals surface area contributed by atoms with Crippen molar-refractivity contribution in [3.8, 4) is 0 Å². The number of nitrogens with one attached hydrogen (secondary N) is 1. The highest BCUT2D eigenvalue weighted by atomic mass is 16.6. The molecule has 0 saturated carbocycles. The maximum Gasteiger partial charge on any atom is 0.410 e. The van der Waals surface area contributed by atoms with Crippen LogP contribution in [-0.4, -0.2) is 35.4 Å². The molecule has 1 aromatic rings. The molecule has 0 aromatic heterocycles. The molecule has 2 rings (SSSR count). The largest absolute Gasteiger partial charge is 0.445 e. The van der Waals surface area contributed by atoms with Crippen molar-refractivity contribution in [1.82, 2.24) is 10.2 Å². The van der Waals surface area contributed by atoms with Crippen LogP contribution in [0.3, 0.4) is 0 Å². The zero-order valence-corrected chi connectivity index (χ0v) is 13.5. The first-order valence-corrected chi connectivity index (χ1v) is 7.81. The number of likely N-dealkylation sites (tertiary alicyclic amines) is 1. The fraction of sp³-hybridized carbons (Fsp3) is 0.471. The van der Waals surface area contributed by atoms with E-state index in [4.69, 9.17) is 4.74 Å². The molecule has 1 aliphatic rings. The third kappa shape index (κ3) is 4.55. The summed E-state index contributed by atoms with van der Waals surface area (Å²) in [4.78, 5) is 37.4. The normalized spacial score (nSPS) is 17.2. The van der Waals surface area contributed by atoms with Crippen LogP contribution >= 0.6 is 0 Å². The number of ether oxygens (including phenoxy) is 1. The number of amides is 3. The van der Waals surface area contributed by atoms with Gasteiger partial charge in [0, 0.05) is 12.5 Å². The molecule has 0 unspecified atom stereocenters. The molecular weight excluding hydrogens is 296 g/mol. The number of imide groups is 1. The number of nitrogens with zero attached hydrogens (tertiary/aromatic N) is 1. The van der Waals surface area contributed by atoms with E-state index in [2.05, 4.69) is 5.32 Å². The Hall–Kier alpha value is -2.37. The standard InChI is InChI=1S/C17H22N2O4/c1-12(2)15(20)18-16(21)14-9-6-10-19(14)17(22)23-11-13-7-4-3-5-8-13/h3-5,7-8,12,14H,6,9-11H2,1-2H3,(H,18,20,21)/t14-/m0/s1. The van der Waals surface area contributed by atoms with Gasteiger partial charge in [0.2, 0.25) is 11.8 Å². The van der Waals surface area contributed by atoms with Crippen LogP contribution in [0.2, 0.25) is 0 Å². The van der Waals surface area contributed by atoms with E-state index in [1.807, 2.05) is 30.3 Å². The van der Waals surface area contributed by atoms with Crippen molar-refractivity contribution in [3.05, 3.63) is 35.9 Å². The van der Waals surface area contributed by atoms with Crippen molar-refractivity contribution in [3.63, 3.8) is 0 Å². The van der Waals surface area contributed by atoms with Gasteiger partial charge in [0.05, 0.1) is 0 Å². The number of carbonyl (C=O) groups is 3. The molecular formula is C17H22N2O4. The van der Waals surface area contributed by atoms with Gasteiger partial charge >= 0.3 is 6.09 Å². The molecule has 1 saturated heterocycles. The number of rotatable bonds is 4. The van der Waals surface area contributed by atoms with E-state index >= 15 is 0 Å². The van der Waals surface area contributed by atoms with Crippen LogP contribution in [0, 0.1) is 5.92 Å². The molecule has 0 bridgehead atoms.